The fourth-order valence-electron chi connectivity index (χ4n) is 2.54. The molecular formula is C14H16N4O4S2. The predicted octanol–water partition coefficient (Wildman–Crippen LogP) is 1.47. The highest BCUT2D eigenvalue weighted by Gasteiger charge is 2.30. The van der Waals surface area contributed by atoms with E-state index in [0.717, 1.165) is 37.0 Å². The Labute approximate surface area is 142 Å². The van der Waals surface area contributed by atoms with Crippen LogP contribution in [0.1, 0.15) is 36.4 Å². The Morgan fingerprint density at radius 1 is 1.33 bits per heavy atom. The van der Waals surface area contributed by atoms with Gasteiger partial charge in [-0.05, 0) is 31.7 Å². The number of nitrogens with one attached hydrogen (secondary N) is 1. The lowest BCUT2D eigenvalue weighted by atomic mass is 10.3. The maximum atomic E-state index is 12.2. The van der Waals surface area contributed by atoms with Crippen molar-refractivity contribution in [3.8, 4) is 11.4 Å². The van der Waals surface area contributed by atoms with E-state index in [-0.39, 0.29) is 27.9 Å². The Morgan fingerprint density at radius 2 is 2.08 bits per heavy atom. The van der Waals surface area contributed by atoms with Gasteiger partial charge in [0.15, 0.2) is 0 Å². The number of aromatic nitrogens is 2. The molecule has 1 N–H and O–H groups in total. The van der Waals surface area contributed by atoms with E-state index >= 15 is 0 Å². The molecule has 0 atom stereocenters. The molecule has 2 aromatic heterocycles. The molecule has 10 heteroatoms. The number of rotatable bonds is 5. The molecule has 4 rings (SSSR count). The van der Waals surface area contributed by atoms with Gasteiger partial charge in [-0.2, -0.15) is 4.98 Å². The second-order valence-electron chi connectivity index (χ2n) is 5.97. The van der Waals surface area contributed by atoms with Crippen molar-refractivity contribution < 1.29 is 17.7 Å². The summed E-state index contributed by atoms with van der Waals surface area (Å²) in [5.41, 5.74) is 0.528. The summed E-state index contributed by atoms with van der Waals surface area (Å²) in [6.07, 6.45) is 3.72. The summed E-state index contributed by atoms with van der Waals surface area (Å²) in [6.45, 7) is 1.40. The van der Waals surface area contributed by atoms with Gasteiger partial charge in [0.05, 0.1) is 0 Å². The van der Waals surface area contributed by atoms with Crippen LogP contribution in [0, 0.1) is 0 Å². The molecule has 128 valence electrons. The number of hydrogen-bond acceptors (Lipinski definition) is 7. The van der Waals surface area contributed by atoms with Gasteiger partial charge in [-0.1, -0.05) is 5.16 Å². The number of carbonyl (C=O) groups is 1. The Hall–Kier alpha value is -1.78. The maximum Gasteiger partial charge on any atom is 0.316 e. The van der Waals surface area contributed by atoms with E-state index in [0.29, 0.717) is 18.7 Å². The summed E-state index contributed by atoms with van der Waals surface area (Å²) in [5, 5.41) is 5.45. The highest BCUT2D eigenvalue weighted by molar-refractivity contribution is 7.91. The van der Waals surface area contributed by atoms with E-state index in [9.17, 15) is 13.2 Å². The lowest BCUT2D eigenvalue weighted by molar-refractivity contribution is 0.0743. The van der Waals surface area contributed by atoms with Gasteiger partial charge in [0, 0.05) is 30.1 Å². The van der Waals surface area contributed by atoms with Crippen LogP contribution < -0.4 is 4.72 Å². The molecule has 24 heavy (non-hydrogen) atoms. The van der Waals surface area contributed by atoms with Crippen molar-refractivity contribution >= 4 is 27.3 Å². The largest absolute Gasteiger partial charge is 0.334 e. The van der Waals surface area contributed by atoms with E-state index in [4.69, 9.17) is 4.52 Å². The Balaban J connectivity index is 1.53. The topological polar surface area (TPSA) is 105 Å². The van der Waals surface area contributed by atoms with E-state index < -0.39 is 10.0 Å². The number of hydrogen-bond donors (Lipinski definition) is 1. The molecule has 0 radical (unpaired) electrons. The van der Waals surface area contributed by atoms with Crippen molar-refractivity contribution in [2.45, 2.75) is 35.9 Å². The van der Waals surface area contributed by atoms with Crippen molar-refractivity contribution in [1.29, 1.82) is 0 Å². The summed E-state index contributed by atoms with van der Waals surface area (Å²) in [6, 6.07) is 1.56. The molecule has 3 heterocycles. The number of carbonyl (C=O) groups excluding carboxylic acids is 1. The van der Waals surface area contributed by atoms with Gasteiger partial charge in [0.25, 0.3) is 0 Å². The first-order valence-electron chi connectivity index (χ1n) is 7.77. The number of amides is 1. The van der Waals surface area contributed by atoms with Crippen LogP contribution in [-0.2, 0) is 10.0 Å². The fraction of sp³-hybridized carbons (Fsp3) is 0.500. The van der Waals surface area contributed by atoms with Crippen molar-refractivity contribution in [2.24, 2.45) is 0 Å². The standard InChI is InChI=1S/C14H16N4O4S2/c19-14(18-5-1-2-6-18)13-15-12(16-22-13)9-7-11(23-8-9)24(20,21)17-10-3-4-10/h7-8,10,17H,1-6H2. The van der Waals surface area contributed by atoms with E-state index in [2.05, 4.69) is 14.9 Å². The lowest BCUT2D eigenvalue weighted by Gasteiger charge is -2.10. The maximum absolute atomic E-state index is 12.2. The van der Waals surface area contributed by atoms with Crippen molar-refractivity contribution in [3.63, 3.8) is 0 Å². The zero-order valence-electron chi connectivity index (χ0n) is 12.8. The SMILES string of the molecule is O=C(c1nc(-c2csc(S(=O)(=O)NC3CC3)c2)no1)N1CCCC1. The number of likely N-dealkylation sites (tertiary alicyclic amines) is 1. The Kier molecular flexibility index (Phi) is 3.89. The lowest BCUT2D eigenvalue weighted by Crippen LogP contribution is -2.27. The van der Waals surface area contributed by atoms with Crippen LogP contribution >= 0.6 is 11.3 Å². The first-order chi connectivity index (χ1) is 11.5. The van der Waals surface area contributed by atoms with Crippen LogP contribution in [0.2, 0.25) is 0 Å². The Bertz CT molecular complexity index is 863. The quantitative estimate of drug-likeness (QED) is 0.857. The van der Waals surface area contributed by atoms with Crippen LogP contribution in [0.15, 0.2) is 20.2 Å². The van der Waals surface area contributed by atoms with Crippen LogP contribution in [0.3, 0.4) is 0 Å². The molecule has 2 aliphatic rings. The number of nitrogens with zero attached hydrogens (tertiary/aromatic N) is 3. The monoisotopic (exact) mass is 368 g/mol. The van der Waals surface area contributed by atoms with Crippen LogP contribution in [-0.4, -0.2) is 48.5 Å². The van der Waals surface area contributed by atoms with E-state index in [1.165, 1.54) is 6.07 Å². The molecule has 2 fully saturated rings. The summed E-state index contributed by atoms with van der Waals surface area (Å²) in [4.78, 5) is 18.0. The molecule has 1 aliphatic carbocycles. The minimum absolute atomic E-state index is 0.0513. The molecular weight excluding hydrogens is 352 g/mol. The van der Waals surface area contributed by atoms with Gasteiger partial charge in [-0.15, -0.1) is 11.3 Å². The van der Waals surface area contributed by atoms with Gasteiger partial charge < -0.3 is 9.42 Å². The highest BCUT2D eigenvalue weighted by Crippen LogP contribution is 2.29. The molecule has 1 amide bonds. The average Bonchev–Trinajstić information content (AvgIpc) is 3.08. The van der Waals surface area contributed by atoms with Gasteiger partial charge in [0.2, 0.25) is 15.8 Å². The third kappa shape index (κ3) is 3.08. The van der Waals surface area contributed by atoms with Gasteiger partial charge in [0.1, 0.15) is 4.21 Å². The number of sulfonamides is 1. The van der Waals surface area contributed by atoms with Crippen molar-refractivity contribution in [3.05, 3.63) is 17.3 Å². The molecule has 0 spiro atoms. The molecule has 1 aliphatic heterocycles. The fourth-order valence-corrected chi connectivity index (χ4v) is 5.02. The van der Waals surface area contributed by atoms with Crippen molar-refractivity contribution in [1.82, 2.24) is 19.8 Å². The second kappa shape index (κ2) is 5.94. The van der Waals surface area contributed by atoms with E-state index in [1.807, 2.05) is 0 Å². The third-order valence-corrected chi connectivity index (χ3v) is 6.96. The molecule has 1 saturated heterocycles. The van der Waals surface area contributed by atoms with Gasteiger partial charge >= 0.3 is 11.8 Å². The van der Waals surface area contributed by atoms with Crippen molar-refractivity contribution in [2.75, 3.05) is 13.1 Å². The summed E-state index contributed by atoms with van der Waals surface area (Å²) >= 11 is 1.10. The smallest absolute Gasteiger partial charge is 0.316 e. The molecule has 0 unspecified atom stereocenters. The molecule has 8 nitrogen and oxygen atoms in total. The zero-order chi connectivity index (χ0) is 16.7. The summed E-state index contributed by atoms with van der Waals surface area (Å²) in [5.74, 6) is -0.106. The van der Waals surface area contributed by atoms with Gasteiger partial charge in [-0.3, -0.25) is 4.79 Å². The van der Waals surface area contributed by atoms with Crippen LogP contribution in [0.5, 0.6) is 0 Å². The average molecular weight is 368 g/mol. The van der Waals surface area contributed by atoms with E-state index in [1.54, 1.807) is 10.3 Å². The predicted molar refractivity (Wildman–Crippen MR) is 86.1 cm³/mol. The van der Waals surface area contributed by atoms with Crippen LogP contribution in [0.4, 0.5) is 0 Å². The first-order valence-corrected chi connectivity index (χ1v) is 10.1. The molecule has 0 bridgehead atoms. The first kappa shape index (κ1) is 15.7. The minimum Gasteiger partial charge on any atom is -0.334 e. The summed E-state index contributed by atoms with van der Waals surface area (Å²) < 4.78 is 32.3. The highest BCUT2D eigenvalue weighted by atomic mass is 32.2. The minimum atomic E-state index is -3.50. The molecule has 1 saturated carbocycles. The number of thiophene rings is 1. The second-order valence-corrected chi connectivity index (χ2v) is 8.82. The third-order valence-electron chi connectivity index (χ3n) is 4.00. The molecule has 2 aromatic rings. The zero-order valence-corrected chi connectivity index (χ0v) is 14.4. The molecule has 0 aromatic carbocycles. The van der Waals surface area contributed by atoms with Gasteiger partial charge in [-0.25, -0.2) is 13.1 Å². The normalized spacial score (nSPS) is 18.2. The van der Waals surface area contributed by atoms with Crippen LogP contribution in [0.25, 0.3) is 11.4 Å². The Morgan fingerprint density at radius 3 is 2.79 bits per heavy atom. The summed E-state index contributed by atoms with van der Waals surface area (Å²) in [7, 11) is -3.50.